The molecule has 1 N–H and O–H groups in total. The monoisotopic (exact) mass is 317 g/mol. The lowest BCUT2D eigenvalue weighted by atomic mass is 10.1. The van der Waals surface area contributed by atoms with Crippen molar-refractivity contribution in [2.45, 2.75) is 39.9 Å². The van der Waals surface area contributed by atoms with Crippen molar-refractivity contribution in [2.24, 2.45) is 0 Å². The average Bonchev–Trinajstić information content (AvgIpc) is 2.72. The summed E-state index contributed by atoms with van der Waals surface area (Å²) >= 11 is 5.53. The molecule has 0 fully saturated rings. The highest BCUT2D eigenvalue weighted by molar-refractivity contribution is 7.71. The molecule has 1 aromatic heterocycles. The standard InChI is InChI=1S/C17H23N3OS/c1-11(2)7-8-19-10-13-5-6-14(21-4)15-16(13)20(9-12(19)3)17(22)18-15/h5-7,12H,8-10H2,1-4H3,(H,18,22). The number of benzene rings is 1. The Morgan fingerprint density at radius 1 is 1.45 bits per heavy atom. The lowest BCUT2D eigenvalue weighted by Gasteiger charge is -2.26. The van der Waals surface area contributed by atoms with Crippen LogP contribution in [0, 0.1) is 4.77 Å². The Morgan fingerprint density at radius 3 is 2.91 bits per heavy atom. The van der Waals surface area contributed by atoms with Crippen LogP contribution in [0.3, 0.4) is 0 Å². The van der Waals surface area contributed by atoms with E-state index in [0.29, 0.717) is 6.04 Å². The lowest BCUT2D eigenvalue weighted by Crippen LogP contribution is -2.34. The predicted molar refractivity (Wildman–Crippen MR) is 93.0 cm³/mol. The Labute approximate surface area is 136 Å². The first-order chi connectivity index (χ1) is 10.5. The Bertz CT molecular complexity index is 783. The van der Waals surface area contributed by atoms with Crippen molar-refractivity contribution in [1.29, 1.82) is 0 Å². The summed E-state index contributed by atoms with van der Waals surface area (Å²) in [5.74, 6) is 0.856. The SMILES string of the molecule is COc1ccc2c3c1[nH]c(=S)n3CC(C)N(CC=C(C)C)C2. The van der Waals surface area contributed by atoms with Crippen LogP contribution in [0.15, 0.2) is 23.8 Å². The van der Waals surface area contributed by atoms with Gasteiger partial charge in [0.15, 0.2) is 4.77 Å². The van der Waals surface area contributed by atoms with Crippen LogP contribution in [0.4, 0.5) is 0 Å². The highest BCUT2D eigenvalue weighted by Crippen LogP contribution is 2.31. The van der Waals surface area contributed by atoms with Crippen molar-refractivity contribution >= 4 is 23.3 Å². The number of hydrogen-bond acceptors (Lipinski definition) is 3. The van der Waals surface area contributed by atoms with Gasteiger partial charge in [-0.15, -0.1) is 0 Å². The van der Waals surface area contributed by atoms with Crippen molar-refractivity contribution in [1.82, 2.24) is 14.5 Å². The van der Waals surface area contributed by atoms with Crippen molar-refractivity contribution in [3.63, 3.8) is 0 Å². The zero-order chi connectivity index (χ0) is 15.9. The zero-order valence-electron chi connectivity index (χ0n) is 13.6. The molecule has 1 aliphatic rings. The third-order valence-electron chi connectivity index (χ3n) is 4.37. The fourth-order valence-corrected chi connectivity index (χ4v) is 3.36. The number of nitrogens with zero attached hydrogens (tertiary/aromatic N) is 2. The Hall–Kier alpha value is -1.59. The molecule has 0 aliphatic carbocycles. The molecule has 5 heteroatoms. The summed E-state index contributed by atoms with van der Waals surface area (Å²) in [6, 6.07) is 4.62. The molecule has 1 aliphatic heterocycles. The predicted octanol–water partition coefficient (Wildman–Crippen LogP) is 3.88. The number of nitrogens with one attached hydrogen (secondary N) is 1. The number of methoxy groups -OCH3 is 1. The average molecular weight is 317 g/mol. The van der Waals surface area contributed by atoms with Crippen molar-refractivity contribution < 1.29 is 4.74 Å². The summed E-state index contributed by atoms with van der Waals surface area (Å²) in [4.78, 5) is 5.81. The first-order valence-electron chi connectivity index (χ1n) is 7.67. The van der Waals surface area contributed by atoms with Gasteiger partial charge in [-0.3, -0.25) is 4.90 Å². The van der Waals surface area contributed by atoms with Crippen LogP contribution >= 0.6 is 12.2 Å². The van der Waals surface area contributed by atoms with Crippen LogP contribution in [0.5, 0.6) is 5.75 Å². The normalized spacial score (nSPS) is 18.3. The van der Waals surface area contributed by atoms with Gasteiger partial charge in [-0.1, -0.05) is 17.7 Å². The molecule has 4 nitrogen and oxygen atoms in total. The molecule has 22 heavy (non-hydrogen) atoms. The molecule has 0 saturated heterocycles. The summed E-state index contributed by atoms with van der Waals surface area (Å²) in [5.41, 5.74) is 4.86. The first-order valence-corrected chi connectivity index (χ1v) is 8.08. The number of rotatable bonds is 3. The van der Waals surface area contributed by atoms with Crippen LogP contribution in [-0.4, -0.2) is 34.1 Å². The van der Waals surface area contributed by atoms with Gasteiger partial charge < -0.3 is 14.3 Å². The number of H-pyrrole nitrogens is 1. The fraction of sp³-hybridized carbons (Fsp3) is 0.471. The molecule has 2 aromatic rings. The van der Waals surface area contributed by atoms with Gasteiger partial charge in [0.05, 0.1) is 12.6 Å². The Balaban J connectivity index is 2.10. The topological polar surface area (TPSA) is 33.2 Å². The van der Waals surface area contributed by atoms with Crippen molar-refractivity contribution in [3.8, 4) is 5.75 Å². The van der Waals surface area contributed by atoms with Crippen molar-refractivity contribution in [3.05, 3.63) is 34.1 Å². The van der Waals surface area contributed by atoms with Gasteiger partial charge in [-0.2, -0.15) is 0 Å². The van der Waals surface area contributed by atoms with E-state index in [0.717, 1.165) is 35.7 Å². The molecule has 1 atom stereocenters. The summed E-state index contributed by atoms with van der Waals surface area (Å²) < 4.78 is 8.47. The lowest BCUT2D eigenvalue weighted by molar-refractivity contribution is 0.210. The van der Waals surface area contributed by atoms with E-state index in [4.69, 9.17) is 17.0 Å². The first kappa shape index (κ1) is 15.3. The Kier molecular flexibility index (Phi) is 4.10. The largest absolute Gasteiger partial charge is 0.494 e. The zero-order valence-corrected chi connectivity index (χ0v) is 14.5. The smallest absolute Gasteiger partial charge is 0.178 e. The molecular formula is C17H23N3OS. The second kappa shape index (κ2) is 5.89. The summed E-state index contributed by atoms with van der Waals surface area (Å²) in [6.45, 7) is 9.36. The number of ether oxygens (including phenoxy) is 1. The molecular weight excluding hydrogens is 294 g/mol. The Morgan fingerprint density at radius 2 is 2.23 bits per heavy atom. The van der Waals surface area contributed by atoms with Crippen molar-refractivity contribution in [2.75, 3.05) is 13.7 Å². The molecule has 0 saturated carbocycles. The third kappa shape index (κ3) is 2.59. The summed E-state index contributed by atoms with van der Waals surface area (Å²) in [5, 5.41) is 0. The van der Waals surface area contributed by atoms with E-state index in [9.17, 15) is 0 Å². The second-order valence-electron chi connectivity index (χ2n) is 6.25. The van der Waals surface area contributed by atoms with Crippen LogP contribution in [-0.2, 0) is 13.1 Å². The molecule has 1 aromatic carbocycles. The maximum atomic E-state index is 5.53. The molecule has 1 unspecified atom stereocenters. The van der Waals surface area contributed by atoms with E-state index in [-0.39, 0.29) is 0 Å². The molecule has 118 valence electrons. The molecule has 0 bridgehead atoms. The van der Waals surface area contributed by atoms with Gasteiger partial charge in [0.2, 0.25) is 0 Å². The number of allylic oxidation sites excluding steroid dienone is 1. The molecule has 3 rings (SSSR count). The van der Waals surface area contributed by atoms with Gasteiger partial charge in [-0.25, -0.2) is 0 Å². The van der Waals surface area contributed by atoms with Crippen LogP contribution in [0.2, 0.25) is 0 Å². The van der Waals surface area contributed by atoms with E-state index in [1.165, 1.54) is 16.7 Å². The van der Waals surface area contributed by atoms with E-state index in [1.807, 2.05) is 6.07 Å². The number of aromatic amines is 1. The van der Waals surface area contributed by atoms with Crippen LogP contribution in [0.1, 0.15) is 26.3 Å². The molecule has 0 spiro atoms. The van der Waals surface area contributed by atoms with Gasteiger partial charge in [-0.05, 0) is 44.6 Å². The number of aromatic nitrogens is 2. The van der Waals surface area contributed by atoms with Gasteiger partial charge in [0.25, 0.3) is 0 Å². The third-order valence-corrected chi connectivity index (χ3v) is 4.69. The minimum atomic E-state index is 0.430. The van der Waals surface area contributed by atoms with E-state index >= 15 is 0 Å². The molecule has 0 amide bonds. The molecule has 2 heterocycles. The highest BCUT2D eigenvalue weighted by atomic mass is 32.1. The number of imidazole rings is 1. The van der Waals surface area contributed by atoms with Crippen LogP contribution < -0.4 is 4.74 Å². The summed E-state index contributed by atoms with van der Waals surface area (Å²) in [6.07, 6.45) is 2.29. The minimum absolute atomic E-state index is 0.430. The number of hydrogen-bond donors (Lipinski definition) is 1. The highest BCUT2D eigenvalue weighted by Gasteiger charge is 2.23. The van der Waals surface area contributed by atoms with Gasteiger partial charge >= 0.3 is 0 Å². The quantitative estimate of drug-likeness (QED) is 0.689. The van der Waals surface area contributed by atoms with E-state index in [2.05, 4.69) is 47.4 Å². The van der Waals surface area contributed by atoms with Gasteiger partial charge in [0, 0.05) is 25.7 Å². The maximum absolute atomic E-state index is 5.53. The van der Waals surface area contributed by atoms with Gasteiger partial charge in [0.1, 0.15) is 11.3 Å². The minimum Gasteiger partial charge on any atom is -0.494 e. The van der Waals surface area contributed by atoms with E-state index in [1.54, 1.807) is 7.11 Å². The maximum Gasteiger partial charge on any atom is 0.178 e. The second-order valence-corrected chi connectivity index (χ2v) is 6.64. The summed E-state index contributed by atoms with van der Waals surface area (Å²) in [7, 11) is 1.70. The van der Waals surface area contributed by atoms with E-state index < -0.39 is 0 Å². The fourth-order valence-electron chi connectivity index (χ4n) is 3.09. The van der Waals surface area contributed by atoms with Crippen LogP contribution in [0.25, 0.3) is 11.0 Å². The molecule has 0 radical (unpaired) electrons.